The third-order valence-corrected chi connectivity index (χ3v) is 3.00. The molecule has 128 valence electrons. The van der Waals surface area contributed by atoms with Crippen LogP contribution in [0.5, 0.6) is 5.75 Å². The number of hydrogen-bond acceptors (Lipinski definition) is 5. The van der Waals surface area contributed by atoms with E-state index in [2.05, 4.69) is 5.32 Å². The summed E-state index contributed by atoms with van der Waals surface area (Å²) in [4.78, 5) is 21.1. The molecule has 0 bridgehead atoms. The van der Waals surface area contributed by atoms with Crippen molar-refractivity contribution in [1.29, 1.82) is 0 Å². The lowest BCUT2D eigenvalue weighted by atomic mass is 10.1. The average Bonchev–Trinajstić information content (AvgIpc) is 2.53. The molecule has 7 nitrogen and oxygen atoms in total. The molecule has 0 radical (unpaired) electrons. The number of carboxylic acids is 2. The largest absolute Gasteiger partial charge is 0.508 e. The van der Waals surface area contributed by atoms with Gasteiger partial charge in [0.2, 0.25) is 0 Å². The molecule has 0 amide bonds. The van der Waals surface area contributed by atoms with Gasteiger partial charge in [-0.05, 0) is 36.8 Å². The normalized spacial score (nSPS) is 9.58. The number of hydrogen-bond donors (Lipinski definition) is 5. The number of nitrogens with one attached hydrogen (secondary N) is 1. The summed E-state index contributed by atoms with van der Waals surface area (Å²) in [6.07, 6.45) is 0. The zero-order valence-corrected chi connectivity index (χ0v) is 13.1. The number of aromatic hydroxyl groups is 1. The first-order chi connectivity index (χ1) is 11.3. The minimum Gasteiger partial charge on any atom is -0.508 e. The fourth-order valence-electron chi connectivity index (χ4n) is 1.80. The summed E-state index contributed by atoms with van der Waals surface area (Å²) in [5, 5.41) is 37.7. The Labute approximate surface area is 138 Å². The van der Waals surface area contributed by atoms with E-state index < -0.39 is 11.9 Å². The molecule has 0 aromatic heterocycles. The van der Waals surface area contributed by atoms with Crippen LogP contribution in [0.1, 0.15) is 26.3 Å². The number of phenols is 1. The number of benzene rings is 2. The van der Waals surface area contributed by atoms with E-state index in [0.29, 0.717) is 12.1 Å². The van der Waals surface area contributed by atoms with Crippen molar-refractivity contribution >= 4 is 17.6 Å². The summed E-state index contributed by atoms with van der Waals surface area (Å²) >= 11 is 0. The maximum atomic E-state index is 10.6. The maximum Gasteiger partial charge on any atom is 0.335 e. The van der Waals surface area contributed by atoms with Crippen LogP contribution in [0.25, 0.3) is 0 Å². The van der Waals surface area contributed by atoms with Crippen LogP contribution in [-0.2, 0) is 0 Å². The predicted octanol–water partition coefficient (Wildman–Crippen LogP) is 2.19. The van der Waals surface area contributed by atoms with Crippen LogP contribution >= 0.6 is 0 Å². The summed E-state index contributed by atoms with van der Waals surface area (Å²) in [5.74, 6) is -2.00. The Hall–Kier alpha value is -3.06. The smallest absolute Gasteiger partial charge is 0.335 e. The molecule has 7 heteroatoms. The molecule has 0 saturated carbocycles. The number of aryl methyl sites for hydroxylation is 1. The topological polar surface area (TPSA) is 127 Å². The third kappa shape index (κ3) is 5.98. The second-order valence-electron chi connectivity index (χ2n) is 4.84. The maximum absolute atomic E-state index is 10.6. The molecule has 0 aliphatic heterocycles. The van der Waals surface area contributed by atoms with Gasteiger partial charge in [-0.1, -0.05) is 12.1 Å². The van der Waals surface area contributed by atoms with Crippen LogP contribution in [0.4, 0.5) is 5.69 Å². The standard InChI is InChI=1S/C9H8O4.C8H11NO2/c1-5-2-3-6(8(10)11)4-7(5)9(12)13;10-5-4-9-7-2-1-3-8(11)6-7/h2-4H,1H3,(H,10,11)(H,12,13);1-3,6,9-11H,4-5H2. The molecule has 0 spiro atoms. The van der Waals surface area contributed by atoms with Crippen LogP contribution < -0.4 is 5.32 Å². The molecule has 0 unspecified atom stereocenters. The van der Waals surface area contributed by atoms with E-state index in [1.165, 1.54) is 12.1 Å². The number of anilines is 1. The molecule has 0 saturated heterocycles. The van der Waals surface area contributed by atoms with Crippen molar-refractivity contribution in [2.75, 3.05) is 18.5 Å². The molecular formula is C17H19NO6. The van der Waals surface area contributed by atoms with Crippen molar-refractivity contribution in [2.45, 2.75) is 6.92 Å². The Balaban J connectivity index is 0.000000243. The van der Waals surface area contributed by atoms with Gasteiger partial charge in [-0.25, -0.2) is 9.59 Å². The SMILES string of the molecule is Cc1ccc(C(=O)O)cc1C(=O)O.OCCNc1cccc(O)c1. The summed E-state index contributed by atoms with van der Waals surface area (Å²) in [7, 11) is 0. The summed E-state index contributed by atoms with van der Waals surface area (Å²) in [6.45, 7) is 2.22. The first-order valence-corrected chi connectivity index (χ1v) is 7.06. The zero-order valence-electron chi connectivity index (χ0n) is 13.1. The van der Waals surface area contributed by atoms with Crippen molar-refractivity contribution in [3.05, 3.63) is 59.2 Å². The second-order valence-corrected chi connectivity index (χ2v) is 4.84. The molecular weight excluding hydrogens is 314 g/mol. The molecule has 24 heavy (non-hydrogen) atoms. The van der Waals surface area contributed by atoms with E-state index in [0.717, 1.165) is 11.8 Å². The van der Waals surface area contributed by atoms with Gasteiger partial charge in [-0.3, -0.25) is 0 Å². The fraction of sp³-hybridized carbons (Fsp3) is 0.176. The number of carbonyl (C=O) groups is 2. The highest BCUT2D eigenvalue weighted by atomic mass is 16.4. The summed E-state index contributed by atoms with van der Waals surface area (Å²) in [6, 6.07) is 10.8. The van der Waals surface area contributed by atoms with Crippen molar-refractivity contribution < 1.29 is 30.0 Å². The van der Waals surface area contributed by atoms with Gasteiger partial charge in [-0.15, -0.1) is 0 Å². The minimum atomic E-state index is -1.12. The van der Waals surface area contributed by atoms with Crippen molar-refractivity contribution in [2.24, 2.45) is 0 Å². The highest BCUT2D eigenvalue weighted by Gasteiger charge is 2.10. The fourth-order valence-corrected chi connectivity index (χ4v) is 1.80. The van der Waals surface area contributed by atoms with Crippen molar-refractivity contribution in [3.8, 4) is 5.75 Å². The second kappa shape index (κ2) is 9.16. The number of phenolic OH excluding ortho intramolecular Hbond substituents is 1. The zero-order chi connectivity index (χ0) is 18.1. The van der Waals surface area contributed by atoms with Crippen molar-refractivity contribution in [1.82, 2.24) is 0 Å². The Bertz CT molecular complexity index is 714. The Morgan fingerprint density at radius 1 is 1.04 bits per heavy atom. The summed E-state index contributed by atoms with van der Waals surface area (Å²) < 4.78 is 0. The lowest BCUT2D eigenvalue weighted by Crippen LogP contribution is -2.04. The van der Waals surface area contributed by atoms with Crippen LogP contribution in [0.2, 0.25) is 0 Å². The monoisotopic (exact) mass is 333 g/mol. The molecule has 0 aliphatic rings. The number of aliphatic hydroxyl groups is 1. The number of rotatable bonds is 5. The number of aliphatic hydroxyl groups excluding tert-OH is 1. The first-order valence-electron chi connectivity index (χ1n) is 7.06. The Morgan fingerprint density at radius 2 is 1.75 bits per heavy atom. The van der Waals surface area contributed by atoms with Gasteiger partial charge in [-0.2, -0.15) is 0 Å². The molecule has 0 atom stereocenters. The van der Waals surface area contributed by atoms with E-state index in [1.54, 1.807) is 25.1 Å². The van der Waals surface area contributed by atoms with E-state index in [-0.39, 0.29) is 23.5 Å². The quantitative estimate of drug-likeness (QED) is 0.567. The van der Waals surface area contributed by atoms with Crippen LogP contribution in [0, 0.1) is 6.92 Å². The average molecular weight is 333 g/mol. The molecule has 0 aliphatic carbocycles. The van der Waals surface area contributed by atoms with Gasteiger partial charge in [0.25, 0.3) is 0 Å². The van der Waals surface area contributed by atoms with E-state index in [4.69, 9.17) is 20.4 Å². The molecule has 0 heterocycles. The van der Waals surface area contributed by atoms with E-state index >= 15 is 0 Å². The Kier molecular flexibility index (Phi) is 7.25. The predicted molar refractivity (Wildman–Crippen MR) is 88.8 cm³/mol. The summed E-state index contributed by atoms with van der Waals surface area (Å²) in [5.41, 5.74) is 1.39. The molecule has 2 rings (SSSR count). The molecule has 2 aromatic carbocycles. The minimum absolute atomic E-state index is 0.0111. The van der Waals surface area contributed by atoms with E-state index in [1.807, 2.05) is 6.07 Å². The molecule has 0 fully saturated rings. The van der Waals surface area contributed by atoms with Crippen LogP contribution in [0.15, 0.2) is 42.5 Å². The van der Waals surface area contributed by atoms with Crippen LogP contribution in [-0.4, -0.2) is 45.5 Å². The molecule has 5 N–H and O–H groups in total. The molecule has 2 aromatic rings. The lowest BCUT2D eigenvalue weighted by molar-refractivity contribution is 0.0695. The van der Waals surface area contributed by atoms with Gasteiger partial charge in [0, 0.05) is 18.3 Å². The highest BCUT2D eigenvalue weighted by Crippen LogP contribution is 2.14. The van der Waals surface area contributed by atoms with Gasteiger partial charge >= 0.3 is 11.9 Å². The van der Waals surface area contributed by atoms with Gasteiger partial charge in [0.1, 0.15) is 5.75 Å². The van der Waals surface area contributed by atoms with E-state index in [9.17, 15) is 9.59 Å². The Morgan fingerprint density at radius 3 is 2.29 bits per heavy atom. The lowest BCUT2D eigenvalue weighted by Gasteiger charge is -2.03. The van der Waals surface area contributed by atoms with Gasteiger partial charge in [0.05, 0.1) is 17.7 Å². The van der Waals surface area contributed by atoms with Crippen molar-refractivity contribution in [3.63, 3.8) is 0 Å². The first kappa shape index (κ1) is 19.0. The number of aromatic carboxylic acids is 2. The third-order valence-electron chi connectivity index (χ3n) is 3.00. The highest BCUT2D eigenvalue weighted by molar-refractivity contribution is 5.94. The van der Waals surface area contributed by atoms with Gasteiger partial charge < -0.3 is 25.7 Å². The number of carboxylic acid groups (broad SMARTS) is 2. The van der Waals surface area contributed by atoms with Crippen LogP contribution in [0.3, 0.4) is 0 Å². The van der Waals surface area contributed by atoms with Gasteiger partial charge in [0.15, 0.2) is 0 Å².